The molecule has 5 heteroatoms. The lowest BCUT2D eigenvalue weighted by atomic mass is 9.95. The number of alkyl halides is 3. The molecule has 0 bridgehead atoms. The Morgan fingerprint density at radius 3 is 2.31 bits per heavy atom. The van der Waals surface area contributed by atoms with Gasteiger partial charge in [-0.2, -0.15) is 13.2 Å². The van der Waals surface area contributed by atoms with E-state index in [2.05, 4.69) is 5.32 Å². The van der Waals surface area contributed by atoms with Crippen molar-refractivity contribution >= 4 is 5.78 Å². The SMILES string of the molecule is C/C(=C/C(=O)C(F)(F)F)NC1CCCCC1. The van der Waals surface area contributed by atoms with Gasteiger partial charge in [0.15, 0.2) is 0 Å². The summed E-state index contributed by atoms with van der Waals surface area (Å²) in [6.45, 7) is 1.50. The highest BCUT2D eigenvalue weighted by Crippen LogP contribution is 2.20. The van der Waals surface area contributed by atoms with Crippen LogP contribution in [0, 0.1) is 0 Å². The summed E-state index contributed by atoms with van der Waals surface area (Å²) in [4.78, 5) is 10.7. The third-order valence-electron chi connectivity index (χ3n) is 2.66. The largest absolute Gasteiger partial charge is 0.454 e. The molecule has 92 valence electrons. The van der Waals surface area contributed by atoms with Gasteiger partial charge in [-0.25, -0.2) is 0 Å². The van der Waals surface area contributed by atoms with Crippen LogP contribution in [-0.4, -0.2) is 18.0 Å². The van der Waals surface area contributed by atoms with E-state index in [0.717, 1.165) is 25.7 Å². The molecule has 0 radical (unpaired) electrons. The molecule has 0 aromatic heterocycles. The van der Waals surface area contributed by atoms with Crippen molar-refractivity contribution in [3.8, 4) is 0 Å². The van der Waals surface area contributed by atoms with Gasteiger partial charge < -0.3 is 5.32 Å². The fraction of sp³-hybridized carbons (Fsp3) is 0.727. The number of allylic oxidation sites excluding steroid dienone is 2. The molecule has 0 atom stereocenters. The molecule has 1 saturated carbocycles. The number of ketones is 1. The van der Waals surface area contributed by atoms with E-state index in [1.165, 1.54) is 13.3 Å². The summed E-state index contributed by atoms with van der Waals surface area (Å²) in [6.07, 6.45) is 1.17. The Bertz CT molecular complexity index is 277. The fourth-order valence-corrected chi connectivity index (χ4v) is 1.89. The molecular formula is C11H16F3NO. The molecule has 1 N–H and O–H groups in total. The average Bonchev–Trinajstić information content (AvgIpc) is 2.17. The van der Waals surface area contributed by atoms with Crippen molar-refractivity contribution in [2.24, 2.45) is 0 Å². The lowest BCUT2D eigenvalue weighted by Crippen LogP contribution is -2.31. The zero-order chi connectivity index (χ0) is 12.2. The zero-order valence-electron chi connectivity index (χ0n) is 9.23. The second-order valence-corrected chi connectivity index (χ2v) is 4.17. The maximum atomic E-state index is 12.0. The molecule has 2 nitrogen and oxygen atoms in total. The molecule has 1 aliphatic carbocycles. The van der Waals surface area contributed by atoms with Crippen molar-refractivity contribution in [2.75, 3.05) is 0 Å². The molecule has 0 amide bonds. The lowest BCUT2D eigenvalue weighted by Gasteiger charge is -2.24. The molecule has 0 aromatic rings. The Morgan fingerprint density at radius 1 is 1.25 bits per heavy atom. The summed E-state index contributed by atoms with van der Waals surface area (Å²) in [6, 6.07) is 0.214. The lowest BCUT2D eigenvalue weighted by molar-refractivity contribution is -0.165. The Hall–Kier alpha value is -1.00. The second kappa shape index (κ2) is 5.37. The van der Waals surface area contributed by atoms with Crippen LogP contribution < -0.4 is 5.32 Å². The summed E-state index contributed by atoms with van der Waals surface area (Å²) in [5, 5.41) is 2.96. The van der Waals surface area contributed by atoms with E-state index >= 15 is 0 Å². The van der Waals surface area contributed by atoms with Gasteiger partial charge in [-0.15, -0.1) is 0 Å². The van der Waals surface area contributed by atoms with E-state index in [0.29, 0.717) is 11.8 Å². The van der Waals surface area contributed by atoms with Crippen LogP contribution in [0.3, 0.4) is 0 Å². The Morgan fingerprint density at radius 2 is 1.81 bits per heavy atom. The van der Waals surface area contributed by atoms with Crippen LogP contribution in [0.4, 0.5) is 13.2 Å². The van der Waals surface area contributed by atoms with Crippen LogP contribution in [0.15, 0.2) is 11.8 Å². The normalized spacial score (nSPS) is 19.6. The van der Waals surface area contributed by atoms with Gasteiger partial charge in [-0.3, -0.25) is 4.79 Å². The highest BCUT2D eigenvalue weighted by molar-refractivity contribution is 5.94. The number of carbonyl (C=O) groups is 1. The summed E-state index contributed by atoms with van der Waals surface area (Å²) in [7, 11) is 0. The Balaban J connectivity index is 2.47. The first-order valence-electron chi connectivity index (χ1n) is 5.45. The molecule has 0 spiro atoms. The van der Waals surface area contributed by atoms with Crippen molar-refractivity contribution in [2.45, 2.75) is 51.2 Å². The number of halogens is 3. The van der Waals surface area contributed by atoms with Gasteiger partial charge >= 0.3 is 6.18 Å². The molecule has 0 saturated heterocycles. The minimum atomic E-state index is -4.77. The number of nitrogens with one attached hydrogen (secondary N) is 1. The summed E-state index contributed by atoms with van der Waals surface area (Å²) in [5.41, 5.74) is 0.300. The van der Waals surface area contributed by atoms with Gasteiger partial charge in [0, 0.05) is 17.8 Å². The maximum Gasteiger partial charge on any atom is 0.454 e. The number of hydrogen-bond acceptors (Lipinski definition) is 2. The van der Waals surface area contributed by atoms with Crippen LogP contribution in [0.2, 0.25) is 0 Å². The molecule has 0 aromatic carbocycles. The predicted octanol–water partition coefficient (Wildman–Crippen LogP) is 2.94. The first-order valence-corrected chi connectivity index (χ1v) is 5.45. The smallest absolute Gasteiger partial charge is 0.386 e. The van der Waals surface area contributed by atoms with E-state index in [1.807, 2.05) is 0 Å². The highest BCUT2D eigenvalue weighted by atomic mass is 19.4. The van der Waals surface area contributed by atoms with Crippen molar-refractivity contribution in [1.82, 2.24) is 5.32 Å². The summed E-state index contributed by atoms with van der Waals surface area (Å²) < 4.78 is 35.9. The third kappa shape index (κ3) is 4.24. The molecular weight excluding hydrogens is 219 g/mol. The molecule has 16 heavy (non-hydrogen) atoms. The van der Waals surface area contributed by atoms with Gasteiger partial charge in [-0.05, 0) is 19.8 Å². The zero-order valence-corrected chi connectivity index (χ0v) is 9.23. The minimum absolute atomic E-state index is 0.214. The molecule has 0 aliphatic heterocycles. The van der Waals surface area contributed by atoms with E-state index in [9.17, 15) is 18.0 Å². The van der Waals surface area contributed by atoms with Gasteiger partial charge in [-0.1, -0.05) is 19.3 Å². The second-order valence-electron chi connectivity index (χ2n) is 4.17. The van der Waals surface area contributed by atoms with E-state index in [-0.39, 0.29) is 6.04 Å². The van der Waals surface area contributed by atoms with Crippen molar-refractivity contribution < 1.29 is 18.0 Å². The van der Waals surface area contributed by atoms with Crippen LogP contribution in [0.25, 0.3) is 0 Å². The van der Waals surface area contributed by atoms with E-state index < -0.39 is 12.0 Å². The summed E-state index contributed by atoms with van der Waals surface area (Å²) >= 11 is 0. The summed E-state index contributed by atoms with van der Waals surface area (Å²) in [5.74, 6) is -1.80. The monoisotopic (exact) mass is 235 g/mol. The first kappa shape index (κ1) is 13.1. The van der Waals surface area contributed by atoms with E-state index in [1.54, 1.807) is 0 Å². The maximum absolute atomic E-state index is 12.0. The van der Waals surface area contributed by atoms with Crippen molar-refractivity contribution in [3.63, 3.8) is 0 Å². The topological polar surface area (TPSA) is 29.1 Å². The minimum Gasteiger partial charge on any atom is -0.386 e. The van der Waals surface area contributed by atoms with Crippen molar-refractivity contribution in [3.05, 3.63) is 11.8 Å². The van der Waals surface area contributed by atoms with Crippen LogP contribution in [-0.2, 0) is 4.79 Å². The fourth-order valence-electron chi connectivity index (χ4n) is 1.89. The van der Waals surface area contributed by atoms with Gasteiger partial charge in [0.1, 0.15) is 0 Å². The van der Waals surface area contributed by atoms with Crippen LogP contribution in [0.1, 0.15) is 39.0 Å². The van der Waals surface area contributed by atoms with Gasteiger partial charge in [0.25, 0.3) is 5.78 Å². The third-order valence-corrected chi connectivity index (χ3v) is 2.66. The Kier molecular flexibility index (Phi) is 4.38. The highest BCUT2D eigenvalue weighted by Gasteiger charge is 2.36. The quantitative estimate of drug-likeness (QED) is 0.762. The molecule has 1 aliphatic rings. The van der Waals surface area contributed by atoms with Crippen molar-refractivity contribution in [1.29, 1.82) is 0 Å². The number of rotatable bonds is 3. The average molecular weight is 235 g/mol. The van der Waals surface area contributed by atoms with Gasteiger partial charge in [0.05, 0.1) is 0 Å². The van der Waals surface area contributed by atoms with Crippen LogP contribution in [0.5, 0.6) is 0 Å². The molecule has 1 fully saturated rings. The van der Waals surface area contributed by atoms with Crippen LogP contribution >= 0.6 is 0 Å². The molecule has 1 rings (SSSR count). The van der Waals surface area contributed by atoms with E-state index in [4.69, 9.17) is 0 Å². The molecule has 0 heterocycles. The first-order chi connectivity index (χ1) is 7.39. The predicted molar refractivity (Wildman–Crippen MR) is 54.8 cm³/mol. The Labute approximate surface area is 92.9 Å². The number of carbonyl (C=O) groups excluding carboxylic acids is 1. The standard InChI is InChI=1S/C11H16F3NO/c1-8(7-10(16)11(12,13)14)15-9-5-3-2-4-6-9/h7,9,15H,2-6H2,1H3/b8-7-. The van der Waals surface area contributed by atoms with Gasteiger partial charge in [0.2, 0.25) is 0 Å². The number of hydrogen-bond donors (Lipinski definition) is 1. The molecule has 0 unspecified atom stereocenters.